The summed E-state index contributed by atoms with van der Waals surface area (Å²) >= 11 is 0. The molecule has 2 heterocycles. The molecule has 1 aliphatic rings. The average Bonchev–Trinajstić information content (AvgIpc) is 2.53. The Balaban J connectivity index is 1.84. The van der Waals surface area contributed by atoms with Gasteiger partial charge in [0.15, 0.2) is 0 Å². The van der Waals surface area contributed by atoms with E-state index in [2.05, 4.69) is 65.5 Å². The van der Waals surface area contributed by atoms with Gasteiger partial charge >= 0.3 is 0 Å². The van der Waals surface area contributed by atoms with E-state index >= 15 is 0 Å². The Morgan fingerprint density at radius 2 is 1.95 bits per heavy atom. The van der Waals surface area contributed by atoms with E-state index in [9.17, 15) is 0 Å². The molecule has 3 aromatic rings. The van der Waals surface area contributed by atoms with Crippen LogP contribution in [0.4, 0.5) is 0 Å². The van der Waals surface area contributed by atoms with Crippen LogP contribution in [0.1, 0.15) is 22.6 Å². The lowest BCUT2D eigenvalue weighted by Gasteiger charge is -2.32. The summed E-state index contributed by atoms with van der Waals surface area (Å²) in [5, 5.41) is 2.48. The Hall–Kier alpha value is -2.19. The SMILES string of the molecule is CN1Cc2ccccc2[C@H](c2ccc3ccncc3c2)C1. The molecule has 2 nitrogen and oxygen atoms in total. The number of likely N-dealkylation sites (N-methyl/N-ethyl adjacent to an activating group) is 1. The van der Waals surface area contributed by atoms with Crippen molar-refractivity contribution in [2.75, 3.05) is 13.6 Å². The van der Waals surface area contributed by atoms with Crippen molar-refractivity contribution in [3.05, 3.63) is 77.6 Å². The van der Waals surface area contributed by atoms with Crippen molar-refractivity contribution in [1.82, 2.24) is 9.88 Å². The highest BCUT2D eigenvalue weighted by Gasteiger charge is 2.24. The maximum absolute atomic E-state index is 4.25. The number of pyridine rings is 1. The molecule has 0 bridgehead atoms. The monoisotopic (exact) mass is 274 g/mol. The van der Waals surface area contributed by atoms with E-state index in [0.29, 0.717) is 5.92 Å². The van der Waals surface area contributed by atoms with Crippen LogP contribution in [0.3, 0.4) is 0 Å². The van der Waals surface area contributed by atoms with Crippen molar-refractivity contribution in [3.63, 3.8) is 0 Å². The molecule has 0 unspecified atom stereocenters. The van der Waals surface area contributed by atoms with Crippen LogP contribution in [0.5, 0.6) is 0 Å². The molecular formula is C19H18N2. The second-order valence-corrected chi connectivity index (χ2v) is 5.93. The lowest BCUT2D eigenvalue weighted by molar-refractivity contribution is 0.295. The molecule has 1 aromatic heterocycles. The highest BCUT2D eigenvalue weighted by atomic mass is 15.1. The van der Waals surface area contributed by atoms with E-state index in [-0.39, 0.29) is 0 Å². The van der Waals surface area contributed by atoms with Crippen LogP contribution in [0.15, 0.2) is 60.9 Å². The largest absolute Gasteiger partial charge is 0.301 e. The van der Waals surface area contributed by atoms with Crippen molar-refractivity contribution in [3.8, 4) is 0 Å². The zero-order chi connectivity index (χ0) is 14.2. The standard InChI is InChI=1S/C19H18N2/c1-21-12-16-4-2-3-5-18(16)19(13-21)15-7-6-14-8-9-20-11-17(14)10-15/h2-11,19H,12-13H2,1H3/t19-/m0/s1. The van der Waals surface area contributed by atoms with E-state index in [0.717, 1.165) is 13.1 Å². The molecule has 0 saturated heterocycles. The second-order valence-electron chi connectivity index (χ2n) is 5.93. The molecule has 0 N–H and O–H groups in total. The summed E-state index contributed by atoms with van der Waals surface area (Å²) in [7, 11) is 2.20. The van der Waals surface area contributed by atoms with Crippen LogP contribution >= 0.6 is 0 Å². The van der Waals surface area contributed by atoms with Gasteiger partial charge in [-0.3, -0.25) is 4.98 Å². The Bertz CT molecular complexity index is 794. The van der Waals surface area contributed by atoms with Crippen molar-refractivity contribution in [2.24, 2.45) is 0 Å². The molecule has 0 amide bonds. The fourth-order valence-corrected chi connectivity index (χ4v) is 3.39. The van der Waals surface area contributed by atoms with E-state index in [1.807, 2.05) is 12.4 Å². The Morgan fingerprint density at radius 3 is 2.90 bits per heavy atom. The first-order valence-electron chi connectivity index (χ1n) is 7.41. The third-order valence-electron chi connectivity index (χ3n) is 4.43. The van der Waals surface area contributed by atoms with Gasteiger partial charge in [-0.25, -0.2) is 0 Å². The summed E-state index contributed by atoms with van der Waals surface area (Å²) in [6.07, 6.45) is 3.81. The third-order valence-corrected chi connectivity index (χ3v) is 4.43. The highest BCUT2D eigenvalue weighted by Crippen LogP contribution is 2.33. The van der Waals surface area contributed by atoms with E-state index in [4.69, 9.17) is 0 Å². The smallest absolute Gasteiger partial charge is 0.0346 e. The van der Waals surface area contributed by atoms with Gasteiger partial charge in [-0.05, 0) is 41.3 Å². The van der Waals surface area contributed by atoms with E-state index in [1.165, 1.54) is 27.5 Å². The number of nitrogens with zero attached hydrogens (tertiary/aromatic N) is 2. The minimum Gasteiger partial charge on any atom is -0.301 e. The first kappa shape index (κ1) is 12.5. The van der Waals surface area contributed by atoms with Crippen molar-refractivity contribution >= 4 is 10.8 Å². The predicted molar refractivity (Wildman–Crippen MR) is 86.4 cm³/mol. The quantitative estimate of drug-likeness (QED) is 0.671. The summed E-state index contributed by atoms with van der Waals surface area (Å²) in [6.45, 7) is 2.12. The minimum atomic E-state index is 0.449. The van der Waals surface area contributed by atoms with Crippen LogP contribution in [0.25, 0.3) is 10.8 Å². The Kier molecular flexibility index (Phi) is 2.97. The summed E-state index contributed by atoms with van der Waals surface area (Å²) < 4.78 is 0. The molecule has 0 saturated carbocycles. The van der Waals surface area contributed by atoms with Crippen molar-refractivity contribution in [2.45, 2.75) is 12.5 Å². The molecule has 21 heavy (non-hydrogen) atoms. The number of aromatic nitrogens is 1. The maximum Gasteiger partial charge on any atom is 0.0346 e. The van der Waals surface area contributed by atoms with Gasteiger partial charge in [0.25, 0.3) is 0 Å². The van der Waals surface area contributed by atoms with E-state index in [1.54, 1.807) is 0 Å². The molecular weight excluding hydrogens is 256 g/mol. The minimum absolute atomic E-state index is 0.449. The van der Waals surface area contributed by atoms with Gasteiger partial charge in [-0.1, -0.05) is 36.4 Å². The predicted octanol–water partition coefficient (Wildman–Crippen LogP) is 3.81. The Labute approximate surface area is 125 Å². The number of hydrogen-bond donors (Lipinski definition) is 0. The first-order chi connectivity index (χ1) is 10.3. The molecule has 0 aliphatic carbocycles. The zero-order valence-corrected chi connectivity index (χ0v) is 12.2. The van der Waals surface area contributed by atoms with Gasteiger partial charge in [-0.15, -0.1) is 0 Å². The van der Waals surface area contributed by atoms with Gasteiger partial charge in [0, 0.05) is 36.8 Å². The lowest BCUT2D eigenvalue weighted by atomic mass is 9.84. The summed E-state index contributed by atoms with van der Waals surface area (Å²) in [4.78, 5) is 6.65. The first-order valence-corrected chi connectivity index (χ1v) is 7.41. The molecule has 2 heteroatoms. The molecule has 104 valence electrons. The van der Waals surface area contributed by atoms with Gasteiger partial charge in [-0.2, -0.15) is 0 Å². The van der Waals surface area contributed by atoms with Gasteiger partial charge in [0.1, 0.15) is 0 Å². The second kappa shape index (κ2) is 4.97. The number of fused-ring (bicyclic) bond motifs is 2. The lowest BCUT2D eigenvalue weighted by Crippen LogP contribution is -2.30. The number of hydrogen-bond acceptors (Lipinski definition) is 2. The van der Waals surface area contributed by atoms with Crippen LogP contribution in [-0.2, 0) is 6.54 Å². The summed E-state index contributed by atoms with van der Waals surface area (Å²) in [5.74, 6) is 0.449. The number of benzene rings is 2. The van der Waals surface area contributed by atoms with Crippen molar-refractivity contribution < 1.29 is 0 Å². The molecule has 2 aromatic carbocycles. The fraction of sp³-hybridized carbons (Fsp3) is 0.211. The zero-order valence-electron chi connectivity index (χ0n) is 12.2. The molecule has 0 fully saturated rings. The molecule has 0 radical (unpaired) electrons. The van der Waals surface area contributed by atoms with Gasteiger partial charge < -0.3 is 4.90 Å². The Morgan fingerprint density at radius 1 is 1.05 bits per heavy atom. The van der Waals surface area contributed by atoms with Crippen LogP contribution < -0.4 is 0 Å². The summed E-state index contributed by atoms with van der Waals surface area (Å²) in [6, 6.07) is 17.7. The average molecular weight is 274 g/mol. The number of rotatable bonds is 1. The molecule has 0 spiro atoms. The van der Waals surface area contributed by atoms with Crippen LogP contribution in [0, 0.1) is 0 Å². The maximum atomic E-state index is 4.25. The molecule has 1 atom stereocenters. The van der Waals surface area contributed by atoms with Gasteiger partial charge in [0.05, 0.1) is 0 Å². The molecule has 4 rings (SSSR count). The van der Waals surface area contributed by atoms with Crippen LogP contribution in [0.2, 0.25) is 0 Å². The van der Waals surface area contributed by atoms with E-state index < -0.39 is 0 Å². The molecule has 1 aliphatic heterocycles. The van der Waals surface area contributed by atoms with Crippen molar-refractivity contribution in [1.29, 1.82) is 0 Å². The highest BCUT2D eigenvalue weighted by molar-refractivity contribution is 5.82. The third kappa shape index (κ3) is 2.22. The topological polar surface area (TPSA) is 16.1 Å². The fourth-order valence-electron chi connectivity index (χ4n) is 3.39. The van der Waals surface area contributed by atoms with Crippen LogP contribution in [-0.4, -0.2) is 23.5 Å². The summed E-state index contributed by atoms with van der Waals surface area (Å²) in [5.41, 5.74) is 4.30. The normalized spacial score (nSPS) is 18.6. The van der Waals surface area contributed by atoms with Gasteiger partial charge in [0.2, 0.25) is 0 Å².